The zero-order chi connectivity index (χ0) is 14.8. The summed E-state index contributed by atoms with van der Waals surface area (Å²) in [5.74, 6) is -0.379. The quantitative estimate of drug-likeness (QED) is 0.923. The van der Waals surface area contributed by atoms with Crippen molar-refractivity contribution < 1.29 is 13.9 Å². The van der Waals surface area contributed by atoms with E-state index in [1.54, 1.807) is 6.07 Å². The standard InChI is InChI=1S/C16H22FNO2/c1-16(2,3)14(11-5-4-6-13(17)9-11)18-15(19)12-7-8-20-10-12/h4-6,9,12,14H,7-8,10H2,1-3H3,(H,18,19). The third-order valence-electron chi connectivity index (χ3n) is 3.64. The molecule has 0 aliphatic carbocycles. The summed E-state index contributed by atoms with van der Waals surface area (Å²) in [4.78, 5) is 12.3. The molecule has 0 aromatic heterocycles. The Balaban J connectivity index is 2.18. The molecule has 3 nitrogen and oxygen atoms in total. The zero-order valence-electron chi connectivity index (χ0n) is 12.3. The van der Waals surface area contributed by atoms with Crippen LogP contribution >= 0.6 is 0 Å². The lowest BCUT2D eigenvalue weighted by atomic mass is 9.82. The van der Waals surface area contributed by atoms with Crippen LogP contribution in [0.5, 0.6) is 0 Å². The summed E-state index contributed by atoms with van der Waals surface area (Å²) >= 11 is 0. The number of ether oxygens (including phenoxy) is 1. The summed E-state index contributed by atoms with van der Waals surface area (Å²) in [6.07, 6.45) is 0.756. The topological polar surface area (TPSA) is 38.3 Å². The molecular formula is C16H22FNO2. The van der Waals surface area contributed by atoms with Gasteiger partial charge in [-0.1, -0.05) is 32.9 Å². The molecule has 1 aromatic carbocycles. The second-order valence-electron chi connectivity index (χ2n) is 6.42. The van der Waals surface area contributed by atoms with Crippen LogP contribution in [0.1, 0.15) is 38.8 Å². The molecule has 1 fully saturated rings. The molecule has 110 valence electrons. The molecule has 1 amide bonds. The minimum absolute atomic E-state index is 0.00770. The molecule has 0 bridgehead atoms. The first-order chi connectivity index (χ1) is 9.38. The number of amides is 1. The number of carbonyl (C=O) groups excluding carboxylic acids is 1. The van der Waals surface area contributed by atoms with Crippen LogP contribution in [0.4, 0.5) is 4.39 Å². The van der Waals surface area contributed by atoms with Gasteiger partial charge in [-0.25, -0.2) is 4.39 Å². The van der Waals surface area contributed by atoms with Crippen molar-refractivity contribution in [2.75, 3.05) is 13.2 Å². The van der Waals surface area contributed by atoms with E-state index in [4.69, 9.17) is 4.74 Å². The molecule has 0 saturated carbocycles. The van der Waals surface area contributed by atoms with Crippen molar-refractivity contribution >= 4 is 5.91 Å². The average molecular weight is 279 g/mol. The molecule has 1 aliphatic heterocycles. The first-order valence-corrected chi connectivity index (χ1v) is 7.01. The number of hydrogen-bond acceptors (Lipinski definition) is 2. The Kier molecular flexibility index (Phi) is 4.43. The van der Waals surface area contributed by atoms with Gasteiger partial charge in [0.25, 0.3) is 0 Å². The van der Waals surface area contributed by atoms with Gasteiger partial charge in [0, 0.05) is 6.61 Å². The molecule has 0 radical (unpaired) electrons. The van der Waals surface area contributed by atoms with E-state index in [-0.39, 0.29) is 29.1 Å². The van der Waals surface area contributed by atoms with Crippen molar-refractivity contribution in [2.24, 2.45) is 11.3 Å². The molecule has 1 N–H and O–H groups in total. The lowest BCUT2D eigenvalue weighted by Gasteiger charge is -2.32. The van der Waals surface area contributed by atoms with Crippen LogP contribution in [0, 0.1) is 17.2 Å². The van der Waals surface area contributed by atoms with Crippen LogP contribution in [0.25, 0.3) is 0 Å². The van der Waals surface area contributed by atoms with Crippen LogP contribution < -0.4 is 5.32 Å². The Morgan fingerprint density at radius 3 is 2.75 bits per heavy atom. The highest BCUT2D eigenvalue weighted by Crippen LogP contribution is 2.33. The number of rotatable bonds is 3. The van der Waals surface area contributed by atoms with Gasteiger partial charge in [0.2, 0.25) is 5.91 Å². The minimum atomic E-state index is -0.282. The maximum atomic E-state index is 13.4. The molecule has 20 heavy (non-hydrogen) atoms. The first kappa shape index (κ1) is 15.0. The van der Waals surface area contributed by atoms with E-state index < -0.39 is 0 Å². The molecule has 2 rings (SSSR count). The smallest absolute Gasteiger partial charge is 0.226 e. The highest BCUT2D eigenvalue weighted by atomic mass is 19.1. The molecule has 2 atom stereocenters. The van der Waals surface area contributed by atoms with E-state index in [1.165, 1.54) is 12.1 Å². The number of nitrogens with one attached hydrogen (secondary N) is 1. The fourth-order valence-electron chi connectivity index (χ4n) is 2.49. The third kappa shape index (κ3) is 3.57. The maximum Gasteiger partial charge on any atom is 0.226 e. The van der Waals surface area contributed by atoms with E-state index in [2.05, 4.69) is 5.32 Å². The van der Waals surface area contributed by atoms with Gasteiger partial charge in [-0.15, -0.1) is 0 Å². The van der Waals surface area contributed by atoms with Crippen molar-refractivity contribution in [3.63, 3.8) is 0 Å². The highest BCUT2D eigenvalue weighted by molar-refractivity contribution is 5.79. The molecule has 0 spiro atoms. The lowest BCUT2D eigenvalue weighted by Crippen LogP contribution is -2.40. The summed E-state index contributed by atoms with van der Waals surface area (Å²) in [7, 11) is 0. The van der Waals surface area contributed by atoms with Crippen LogP contribution in [0.2, 0.25) is 0 Å². The normalized spacial score (nSPS) is 20.7. The van der Waals surface area contributed by atoms with E-state index in [0.29, 0.717) is 13.2 Å². The Morgan fingerprint density at radius 1 is 1.45 bits per heavy atom. The Labute approximate surface area is 119 Å². The van der Waals surface area contributed by atoms with E-state index in [0.717, 1.165) is 12.0 Å². The lowest BCUT2D eigenvalue weighted by molar-refractivity contribution is -0.126. The maximum absolute atomic E-state index is 13.4. The van der Waals surface area contributed by atoms with Crippen molar-refractivity contribution in [3.05, 3.63) is 35.6 Å². The Bertz CT molecular complexity index is 476. The summed E-state index contributed by atoms with van der Waals surface area (Å²) in [5.41, 5.74) is 0.605. The number of halogens is 1. The van der Waals surface area contributed by atoms with Crippen molar-refractivity contribution in [1.29, 1.82) is 0 Å². The number of benzene rings is 1. The van der Waals surface area contributed by atoms with Crippen LogP contribution in [0.3, 0.4) is 0 Å². The molecule has 1 heterocycles. The molecule has 1 aliphatic rings. The SMILES string of the molecule is CC(C)(C)C(NC(=O)C1CCOC1)c1cccc(F)c1. The molecule has 2 unspecified atom stereocenters. The first-order valence-electron chi connectivity index (χ1n) is 7.01. The summed E-state index contributed by atoms with van der Waals surface area (Å²) in [6, 6.07) is 6.21. The zero-order valence-corrected chi connectivity index (χ0v) is 12.3. The van der Waals surface area contributed by atoms with Crippen molar-refractivity contribution in [2.45, 2.75) is 33.2 Å². The fraction of sp³-hybridized carbons (Fsp3) is 0.562. The number of carbonyl (C=O) groups is 1. The minimum Gasteiger partial charge on any atom is -0.381 e. The van der Waals surface area contributed by atoms with Gasteiger partial charge in [-0.05, 0) is 29.5 Å². The second kappa shape index (κ2) is 5.92. The predicted molar refractivity (Wildman–Crippen MR) is 75.7 cm³/mol. The molecule has 1 aromatic rings. The van der Waals surface area contributed by atoms with Gasteiger partial charge in [0.05, 0.1) is 18.6 Å². The predicted octanol–water partition coefficient (Wildman–Crippen LogP) is 3.07. The second-order valence-corrected chi connectivity index (χ2v) is 6.42. The number of hydrogen-bond donors (Lipinski definition) is 1. The van der Waals surface area contributed by atoms with Crippen LogP contribution in [-0.2, 0) is 9.53 Å². The van der Waals surface area contributed by atoms with E-state index >= 15 is 0 Å². The van der Waals surface area contributed by atoms with E-state index in [1.807, 2.05) is 26.8 Å². The fourth-order valence-corrected chi connectivity index (χ4v) is 2.49. The third-order valence-corrected chi connectivity index (χ3v) is 3.64. The van der Waals surface area contributed by atoms with Crippen molar-refractivity contribution in [1.82, 2.24) is 5.32 Å². The Morgan fingerprint density at radius 2 is 2.20 bits per heavy atom. The summed E-state index contributed by atoms with van der Waals surface area (Å²) in [5, 5.41) is 3.06. The van der Waals surface area contributed by atoms with Gasteiger partial charge in [0.15, 0.2) is 0 Å². The monoisotopic (exact) mass is 279 g/mol. The van der Waals surface area contributed by atoms with Gasteiger partial charge in [-0.3, -0.25) is 4.79 Å². The molecule has 4 heteroatoms. The Hall–Kier alpha value is -1.42. The van der Waals surface area contributed by atoms with Crippen LogP contribution in [0.15, 0.2) is 24.3 Å². The average Bonchev–Trinajstić information content (AvgIpc) is 2.88. The molecular weight excluding hydrogens is 257 g/mol. The van der Waals surface area contributed by atoms with E-state index in [9.17, 15) is 9.18 Å². The molecule has 1 saturated heterocycles. The van der Waals surface area contributed by atoms with Crippen LogP contribution in [-0.4, -0.2) is 19.1 Å². The summed E-state index contributed by atoms with van der Waals surface area (Å²) < 4.78 is 18.7. The van der Waals surface area contributed by atoms with Gasteiger partial charge in [0.1, 0.15) is 5.82 Å². The largest absolute Gasteiger partial charge is 0.381 e. The highest BCUT2D eigenvalue weighted by Gasteiger charge is 2.31. The van der Waals surface area contributed by atoms with Gasteiger partial charge in [-0.2, -0.15) is 0 Å². The van der Waals surface area contributed by atoms with Crippen molar-refractivity contribution in [3.8, 4) is 0 Å². The van der Waals surface area contributed by atoms with Gasteiger partial charge >= 0.3 is 0 Å². The summed E-state index contributed by atoms with van der Waals surface area (Å²) in [6.45, 7) is 7.22. The van der Waals surface area contributed by atoms with Gasteiger partial charge < -0.3 is 10.1 Å².